The molecule has 0 saturated carbocycles. The van der Waals surface area contributed by atoms with Crippen LogP contribution >= 0.6 is 0 Å². The fourth-order valence-electron chi connectivity index (χ4n) is 5.77. The quantitative estimate of drug-likeness (QED) is 0.258. The van der Waals surface area contributed by atoms with Gasteiger partial charge in [0.05, 0.1) is 11.6 Å². The minimum Gasteiger partial charge on any atom is -0.459 e. The Morgan fingerprint density at radius 2 is 2.00 bits per heavy atom. The van der Waals surface area contributed by atoms with E-state index in [1.165, 1.54) is 30.3 Å². The molecule has 0 spiro atoms. The molecule has 3 atom stereocenters. The van der Waals surface area contributed by atoms with Crippen molar-refractivity contribution in [2.24, 2.45) is 0 Å². The van der Waals surface area contributed by atoms with Gasteiger partial charge >= 0.3 is 16.5 Å². The molecule has 12 heteroatoms. The molecule has 230 valence electrons. The number of anilines is 2. The van der Waals surface area contributed by atoms with E-state index in [2.05, 4.69) is 14.8 Å². The van der Waals surface area contributed by atoms with Gasteiger partial charge in [0.15, 0.2) is 0 Å². The van der Waals surface area contributed by atoms with E-state index in [1.54, 1.807) is 33.8 Å². The van der Waals surface area contributed by atoms with Gasteiger partial charge in [-0.25, -0.2) is 4.39 Å². The van der Waals surface area contributed by atoms with Crippen LogP contribution in [0.4, 0.5) is 19.7 Å². The molecule has 42 heavy (non-hydrogen) atoms. The van der Waals surface area contributed by atoms with Crippen LogP contribution in [0, 0.1) is 5.82 Å². The molecule has 2 aliphatic heterocycles. The third-order valence-electron chi connectivity index (χ3n) is 7.71. The summed E-state index contributed by atoms with van der Waals surface area (Å²) >= 11 is 0. The van der Waals surface area contributed by atoms with Crippen LogP contribution in [-0.4, -0.2) is 49.9 Å². The van der Waals surface area contributed by atoms with Crippen molar-refractivity contribution < 1.29 is 35.2 Å². The molecule has 2 N–H and O–H groups in total. The number of piperidine rings is 1. The first-order valence-electron chi connectivity index (χ1n) is 14.2. The van der Waals surface area contributed by atoms with Crippen molar-refractivity contribution in [3.05, 3.63) is 53.3 Å². The summed E-state index contributed by atoms with van der Waals surface area (Å²) < 4.78 is 60.1. The molecule has 1 saturated heterocycles. The summed E-state index contributed by atoms with van der Waals surface area (Å²) in [7, 11) is -5.16. The number of esters is 1. The van der Waals surface area contributed by atoms with Crippen molar-refractivity contribution in [3.63, 3.8) is 0 Å². The summed E-state index contributed by atoms with van der Waals surface area (Å²) in [4.78, 5) is 29.0. The number of benzene rings is 2. The van der Waals surface area contributed by atoms with E-state index < -0.39 is 39.3 Å². The Bertz CT molecular complexity index is 1450. The maximum atomic E-state index is 15.3. The van der Waals surface area contributed by atoms with Gasteiger partial charge in [-0.15, -0.1) is 0 Å². The van der Waals surface area contributed by atoms with Crippen LogP contribution in [0.3, 0.4) is 0 Å². The number of unbranched alkanes of at least 4 members (excludes halogenated alkanes) is 1. The topological polar surface area (TPSA) is 114 Å². The van der Waals surface area contributed by atoms with E-state index in [1.807, 2.05) is 11.8 Å². The summed E-state index contributed by atoms with van der Waals surface area (Å²) in [6, 6.07) is 8.47. The number of halogens is 2. The van der Waals surface area contributed by atoms with Crippen molar-refractivity contribution in [1.29, 1.82) is 0 Å². The molecule has 0 radical (unpaired) electrons. The van der Waals surface area contributed by atoms with Crippen LogP contribution < -0.4 is 14.8 Å². The first-order valence-corrected chi connectivity index (χ1v) is 15.6. The number of nitrogens with zero attached hydrogens (tertiary/aromatic N) is 1. The Labute approximate surface area is 246 Å². The zero-order chi connectivity index (χ0) is 30.9. The van der Waals surface area contributed by atoms with Gasteiger partial charge < -0.3 is 19.6 Å². The molecule has 1 fully saturated rings. The Kier molecular flexibility index (Phi) is 9.17. The van der Waals surface area contributed by atoms with Gasteiger partial charge in [-0.05, 0) is 83.3 Å². The molecule has 2 aromatic rings. The molecule has 2 aliphatic rings. The lowest BCUT2D eigenvalue weighted by atomic mass is 9.84. The molecule has 2 aromatic carbocycles. The fraction of sp³-hybridized carbons (Fsp3) is 0.533. The van der Waals surface area contributed by atoms with E-state index in [4.69, 9.17) is 4.74 Å². The summed E-state index contributed by atoms with van der Waals surface area (Å²) in [5, 5.41) is 6.28. The van der Waals surface area contributed by atoms with Crippen LogP contribution in [0.25, 0.3) is 0 Å². The van der Waals surface area contributed by atoms with Crippen molar-refractivity contribution in [2.75, 3.05) is 23.7 Å². The Morgan fingerprint density at radius 3 is 2.67 bits per heavy atom. The number of carbonyl (C=O) groups excluding carboxylic acids is 2. The molecule has 0 aliphatic carbocycles. The predicted octanol–water partition coefficient (Wildman–Crippen LogP) is 5.78. The maximum absolute atomic E-state index is 15.3. The van der Waals surface area contributed by atoms with Crippen molar-refractivity contribution in [3.8, 4) is 5.75 Å². The summed E-state index contributed by atoms with van der Waals surface area (Å²) in [6.07, 6.45) is 3.49. The van der Waals surface area contributed by atoms with Gasteiger partial charge in [-0.3, -0.25) is 14.5 Å². The van der Waals surface area contributed by atoms with E-state index >= 15 is 4.39 Å². The Morgan fingerprint density at radius 1 is 1.26 bits per heavy atom. The number of amides is 1. The van der Waals surface area contributed by atoms with Crippen molar-refractivity contribution >= 4 is 33.8 Å². The van der Waals surface area contributed by atoms with Gasteiger partial charge in [0.1, 0.15) is 22.7 Å². The number of rotatable bonds is 10. The third kappa shape index (κ3) is 7.20. The van der Waals surface area contributed by atoms with E-state index in [9.17, 15) is 21.9 Å². The molecule has 2 heterocycles. The van der Waals surface area contributed by atoms with Crippen LogP contribution in [0.1, 0.15) is 83.8 Å². The smallest absolute Gasteiger partial charge is 0.459 e. The van der Waals surface area contributed by atoms with Gasteiger partial charge in [-0.2, -0.15) is 8.42 Å². The van der Waals surface area contributed by atoms with E-state index in [0.29, 0.717) is 42.0 Å². The highest BCUT2D eigenvalue weighted by Gasteiger charge is 2.50. The lowest BCUT2D eigenvalue weighted by molar-refractivity contribution is -0.157. The van der Waals surface area contributed by atoms with E-state index in [0.717, 1.165) is 25.7 Å². The Balaban J connectivity index is 1.63. The minimum absolute atomic E-state index is 0.156. The lowest BCUT2D eigenvalue weighted by Gasteiger charge is -2.42. The van der Waals surface area contributed by atoms with Gasteiger partial charge in [0.25, 0.3) is 0 Å². The van der Waals surface area contributed by atoms with Crippen LogP contribution in [0.5, 0.6) is 5.75 Å². The number of hydrogen-bond donors (Lipinski definition) is 2. The largest absolute Gasteiger partial charge is 0.488 e. The van der Waals surface area contributed by atoms with Crippen molar-refractivity contribution in [2.45, 2.75) is 89.8 Å². The van der Waals surface area contributed by atoms with Crippen LogP contribution in [0.2, 0.25) is 0 Å². The highest BCUT2D eigenvalue weighted by Crippen LogP contribution is 2.46. The minimum atomic E-state index is -5.16. The highest BCUT2D eigenvalue weighted by atomic mass is 32.3. The average Bonchev–Trinajstić information content (AvgIpc) is 3.13. The first-order chi connectivity index (χ1) is 19.6. The van der Waals surface area contributed by atoms with Crippen molar-refractivity contribution in [1.82, 2.24) is 4.90 Å². The van der Waals surface area contributed by atoms with E-state index in [-0.39, 0.29) is 17.7 Å². The summed E-state index contributed by atoms with van der Waals surface area (Å²) in [5.41, 5.74) is -0.0783. The molecule has 4 rings (SSSR count). The number of fused-ring (bicyclic) bond motifs is 1. The molecule has 0 bridgehead atoms. The monoisotopic (exact) mass is 607 g/mol. The number of nitrogens with one attached hydrogen (secondary N) is 2. The lowest BCUT2D eigenvalue weighted by Crippen LogP contribution is -2.55. The van der Waals surface area contributed by atoms with Crippen LogP contribution in [0.15, 0.2) is 36.4 Å². The Hall–Kier alpha value is -3.25. The molecule has 9 nitrogen and oxygen atoms in total. The maximum Gasteiger partial charge on any atom is 0.488 e. The fourth-order valence-corrected chi connectivity index (χ4v) is 6.10. The van der Waals surface area contributed by atoms with Gasteiger partial charge in [0, 0.05) is 29.9 Å². The third-order valence-corrected chi connectivity index (χ3v) is 8.10. The zero-order valence-electron chi connectivity index (χ0n) is 24.6. The molecular formula is C30H39F2N3O6S. The second-order valence-electron chi connectivity index (χ2n) is 12.1. The number of hydrogen-bond acceptors (Lipinski definition) is 8. The molecular weight excluding hydrogens is 568 g/mol. The zero-order valence-corrected chi connectivity index (χ0v) is 25.4. The average molecular weight is 608 g/mol. The molecule has 2 unspecified atom stereocenters. The standard InChI is InChI=1S/C30H39F2N3O6S/c1-6-7-13-23(27(36)40-29(2,3)4)24-15-19(31)16-25-26(24)34-28(37)30(25,5)35-14-9-11-21(18-35)33-20-10-8-12-22(17-20)41-42(32,38)39/h8,10,12,15-17,21,23,33H,6-7,9,11,13-14,18H2,1-5H3,(H,34,37)/t21-,23?,30?/m1/s1. The predicted molar refractivity (Wildman–Crippen MR) is 156 cm³/mol. The SMILES string of the molecule is CCCCC(C(=O)OC(C)(C)C)c1cc(F)cc2c1NC(=O)C2(C)N1CCC[C@@H](Nc2cccc(OS(=O)(=O)F)c2)C1. The second-order valence-corrected chi connectivity index (χ2v) is 13.1. The van der Waals surface area contributed by atoms with Gasteiger partial charge in [-0.1, -0.05) is 29.7 Å². The molecule has 1 amide bonds. The van der Waals surface area contributed by atoms with Crippen LogP contribution in [-0.2, 0) is 30.4 Å². The number of ether oxygens (including phenoxy) is 1. The molecule has 0 aromatic heterocycles. The summed E-state index contributed by atoms with van der Waals surface area (Å²) in [6.45, 7) is 10.1. The first kappa shape index (κ1) is 31.7. The number of likely N-dealkylation sites (tertiary alicyclic amines) is 1. The highest BCUT2D eigenvalue weighted by molar-refractivity contribution is 7.81. The van der Waals surface area contributed by atoms with Gasteiger partial charge in [0.2, 0.25) is 5.91 Å². The number of carbonyl (C=O) groups is 2. The normalized spacial score (nSPS) is 21.8. The summed E-state index contributed by atoms with van der Waals surface area (Å²) in [5.74, 6) is -2.22. The second kappa shape index (κ2) is 12.2.